The molecule has 0 saturated carbocycles. The highest BCUT2D eigenvalue weighted by Crippen LogP contribution is 2.37. The van der Waals surface area contributed by atoms with Gasteiger partial charge < -0.3 is 20.4 Å². The van der Waals surface area contributed by atoms with E-state index in [1.54, 1.807) is 12.2 Å². The number of ether oxygens (including phenoxy) is 1. The Kier molecular flexibility index (Phi) is 4.92. The number of aromatic amines is 1. The first kappa shape index (κ1) is 17.7. The molecule has 0 radical (unpaired) electrons. The van der Waals surface area contributed by atoms with Crippen molar-refractivity contribution in [3.63, 3.8) is 0 Å². The van der Waals surface area contributed by atoms with Gasteiger partial charge in [-0.3, -0.25) is 0 Å². The number of anilines is 1. The van der Waals surface area contributed by atoms with E-state index in [-0.39, 0.29) is 6.10 Å². The molecule has 1 saturated heterocycles. The molecule has 27 heavy (non-hydrogen) atoms. The summed E-state index contributed by atoms with van der Waals surface area (Å²) in [6, 6.07) is 10.00. The molecule has 3 aromatic rings. The van der Waals surface area contributed by atoms with Crippen LogP contribution in [0.25, 0.3) is 21.8 Å². The van der Waals surface area contributed by atoms with E-state index >= 15 is 0 Å². The number of benzene rings is 2. The van der Waals surface area contributed by atoms with Crippen LogP contribution in [-0.2, 0) is 0 Å². The SMILES string of the molecule is C=C/C=C(\C=C)Nc1cc(OC2CCNC2)c2[nH]c3ccc(Cl)cc3c2c1. The maximum Gasteiger partial charge on any atom is 0.145 e. The number of allylic oxidation sites excluding steroid dienone is 3. The maximum absolute atomic E-state index is 6.33. The third kappa shape index (κ3) is 3.59. The van der Waals surface area contributed by atoms with Gasteiger partial charge >= 0.3 is 0 Å². The Balaban J connectivity index is 1.86. The van der Waals surface area contributed by atoms with Crippen LogP contribution in [0, 0.1) is 0 Å². The molecule has 2 aromatic carbocycles. The van der Waals surface area contributed by atoms with E-state index in [1.807, 2.05) is 30.3 Å². The van der Waals surface area contributed by atoms with Crippen LogP contribution in [0.5, 0.6) is 5.75 Å². The summed E-state index contributed by atoms with van der Waals surface area (Å²) in [4.78, 5) is 3.48. The fraction of sp³-hybridized carbons (Fsp3) is 0.182. The first-order chi connectivity index (χ1) is 13.2. The van der Waals surface area contributed by atoms with Gasteiger partial charge in [0.1, 0.15) is 11.9 Å². The van der Waals surface area contributed by atoms with Crippen LogP contribution >= 0.6 is 11.6 Å². The second kappa shape index (κ2) is 7.51. The van der Waals surface area contributed by atoms with Crippen molar-refractivity contribution in [1.29, 1.82) is 0 Å². The molecule has 1 aliphatic rings. The van der Waals surface area contributed by atoms with Gasteiger partial charge in [0.05, 0.1) is 5.52 Å². The van der Waals surface area contributed by atoms with E-state index < -0.39 is 0 Å². The normalized spacial score (nSPS) is 17.4. The van der Waals surface area contributed by atoms with Crippen molar-refractivity contribution >= 4 is 39.1 Å². The zero-order valence-electron chi connectivity index (χ0n) is 15.0. The van der Waals surface area contributed by atoms with E-state index in [0.717, 1.165) is 58.5 Å². The molecule has 0 bridgehead atoms. The molecule has 0 aliphatic carbocycles. The van der Waals surface area contributed by atoms with E-state index in [2.05, 4.69) is 34.8 Å². The van der Waals surface area contributed by atoms with Crippen LogP contribution in [0.4, 0.5) is 5.69 Å². The van der Waals surface area contributed by atoms with Gasteiger partial charge in [0.15, 0.2) is 0 Å². The fourth-order valence-electron chi connectivity index (χ4n) is 3.47. The van der Waals surface area contributed by atoms with Crippen LogP contribution in [0.3, 0.4) is 0 Å². The second-order valence-corrected chi connectivity index (χ2v) is 7.07. The van der Waals surface area contributed by atoms with Crippen molar-refractivity contribution < 1.29 is 4.74 Å². The molecule has 138 valence electrons. The molecule has 0 amide bonds. The van der Waals surface area contributed by atoms with Crippen LogP contribution in [0.15, 0.2) is 67.4 Å². The summed E-state index contributed by atoms with van der Waals surface area (Å²) in [7, 11) is 0. The minimum absolute atomic E-state index is 0.168. The van der Waals surface area contributed by atoms with Gasteiger partial charge in [-0.2, -0.15) is 0 Å². The molecule has 1 atom stereocenters. The van der Waals surface area contributed by atoms with Gasteiger partial charge in [0.2, 0.25) is 0 Å². The third-order valence-corrected chi connectivity index (χ3v) is 4.98. The Hall–Kier alpha value is -2.69. The second-order valence-electron chi connectivity index (χ2n) is 6.63. The lowest BCUT2D eigenvalue weighted by atomic mass is 10.1. The number of nitrogens with one attached hydrogen (secondary N) is 3. The molecule has 5 heteroatoms. The van der Waals surface area contributed by atoms with Crippen molar-refractivity contribution in [3.05, 3.63) is 72.4 Å². The largest absolute Gasteiger partial charge is 0.487 e. The lowest BCUT2D eigenvalue weighted by Crippen LogP contribution is -2.19. The van der Waals surface area contributed by atoms with Crippen LogP contribution < -0.4 is 15.4 Å². The molecule has 1 unspecified atom stereocenters. The van der Waals surface area contributed by atoms with Crippen LogP contribution in [0.2, 0.25) is 5.02 Å². The molecular formula is C22H22ClN3O. The van der Waals surface area contributed by atoms with Gasteiger partial charge in [-0.25, -0.2) is 0 Å². The smallest absolute Gasteiger partial charge is 0.145 e. The number of hydrogen-bond acceptors (Lipinski definition) is 3. The zero-order chi connectivity index (χ0) is 18.8. The maximum atomic E-state index is 6.33. The number of fused-ring (bicyclic) bond motifs is 3. The van der Waals surface area contributed by atoms with E-state index in [4.69, 9.17) is 16.3 Å². The Morgan fingerprint density at radius 3 is 2.85 bits per heavy atom. The van der Waals surface area contributed by atoms with E-state index in [1.165, 1.54) is 0 Å². The molecule has 0 spiro atoms. The molecule has 1 aromatic heterocycles. The van der Waals surface area contributed by atoms with E-state index in [0.29, 0.717) is 5.02 Å². The molecule has 3 N–H and O–H groups in total. The lowest BCUT2D eigenvalue weighted by Gasteiger charge is -2.16. The topological polar surface area (TPSA) is 49.1 Å². The van der Waals surface area contributed by atoms with Gasteiger partial charge in [0.25, 0.3) is 0 Å². The number of halogens is 1. The minimum atomic E-state index is 0.168. The number of aromatic nitrogens is 1. The summed E-state index contributed by atoms with van der Waals surface area (Å²) >= 11 is 6.24. The molecular weight excluding hydrogens is 358 g/mol. The number of H-pyrrole nitrogens is 1. The first-order valence-electron chi connectivity index (χ1n) is 9.02. The van der Waals surface area contributed by atoms with E-state index in [9.17, 15) is 0 Å². The number of rotatable bonds is 6. The van der Waals surface area contributed by atoms with Crippen molar-refractivity contribution in [2.75, 3.05) is 18.4 Å². The quantitative estimate of drug-likeness (QED) is 0.504. The van der Waals surface area contributed by atoms with Crippen molar-refractivity contribution in [1.82, 2.24) is 10.3 Å². The number of hydrogen-bond donors (Lipinski definition) is 3. The summed E-state index contributed by atoms with van der Waals surface area (Å²) < 4.78 is 6.33. The lowest BCUT2D eigenvalue weighted by molar-refractivity contribution is 0.225. The standard InChI is InChI=1S/C22H22ClN3O/c1-3-5-15(4-2)25-16-11-19-18-10-14(23)6-7-20(18)26-22(19)21(12-16)27-17-8-9-24-13-17/h3-7,10-12,17,24-26H,1-2,8-9,13H2/b15-5+. The summed E-state index contributed by atoms with van der Waals surface area (Å²) in [5.41, 5.74) is 3.82. The third-order valence-electron chi connectivity index (χ3n) is 4.75. The molecule has 1 fully saturated rings. The van der Waals surface area contributed by atoms with Crippen molar-refractivity contribution in [2.24, 2.45) is 0 Å². The summed E-state index contributed by atoms with van der Waals surface area (Å²) in [6.45, 7) is 9.45. The van der Waals surface area contributed by atoms with Crippen LogP contribution in [0.1, 0.15) is 6.42 Å². The van der Waals surface area contributed by atoms with Gasteiger partial charge in [-0.05, 0) is 49.4 Å². The Bertz CT molecular complexity index is 1040. The van der Waals surface area contributed by atoms with Gasteiger partial charge in [0, 0.05) is 45.3 Å². The molecule has 4 nitrogen and oxygen atoms in total. The highest BCUT2D eigenvalue weighted by molar-refractivity contribution is 6.32. The summed E-state index contributed by atoms with van der Waals surface area (Å²) in [5.74, 6) is 0.832. The van der Waals surface area contributed by atoms with Gasteiger partial charge in [-0.1, -0.05) is 30.8 Å². The average molecular weight is 380 g/mol. The van der Waals surface area contributed by atoms with Crippen LogP contribution in [-0.4, -0.2) is 24.2 Å². The Morgan fingerprint density at radius 2 is 2.11 bits per heavy atom. The molecule has 1 aliphatic heterocycles. The fourth-order valence-corrected chi connectivity index (χ4v) is 3.64. The Morgan fingerprint density at radius 1 is 1.22 bits per heavy atom. The van der Waals surface area contributed by atoms with Gasteiger partial charge in [-0.15, -0.1) is 0 Å². The molecule has 2 heterocycles. The first-order valence-corrected chi connectivity index (χ1v) is 9.40. The highest BCUT2D eigenvalue weighted by atomic mass is 35.5. The molecule has 4 rings (SSSR count). The van der Waals surface area contributed by atoms with Crippen molar-refractivity contribution in [2.45, 2.75) is 12.5 Å². The van der Waals surface area contributed by atoms with Crippen molar-refractivity contribution in [3.8, 4) is 5.75 Å². The average Bonchev–Trinajstić information content (AvgIpc) is 3.29. The minimum Gasteiger partial charge on any atom is -0.487 e. The monoisotopic (exact) mass is 379 g/mol. The predicted octanol–water partition coefficient (Wildman–Crippen LogP) is 5.38. The Labute approximate surface area is 163 Å². The summed E-state index contributed by atoms with van der Waals surface area (Å²) in [5, 5.41) is 9.58. The summed E-state index contributed by atoms with van der Waals surface area (Å²) in [6.07, 6.45) is 6.54. The zero-order valence-corrected chi connectivity index (χ0v) is 15.8. The highest BCUT2D eigenvalue weighted by Gasteiger charge is 2.19. The predicted molar refractivity (Wildman–Crippen MR) is 115 cm³/mol.